The molecule has 1 unspecified atom stereocenters. The average molecular weight is 390 g/mol. The van der Waals surface area contributed by atoms with E-state index in [1.54, 1.807) is 36.4 Å². The van der Waals surface area contributed by atoms with Crippen LogP contribution in [0.3, 0.4) is 0 Å². The standard InChI is InChI=1S/C23H22N2O4/c24-19-11-18(12-20(13-19)29-15-16-7-3-1-4-8-16)23(28)25-21(14-22(26)27)17-9-5-2-6-10-17/h1-13,21H,14-15,24H2,(H,25,28)(H,26,27). The van der Waals surface area contributed by atoms with E-state index in [1.165, 1.54) is 6.07 Å². The summed E-state index contributed by atoms with van der Waals surface area (Å²) in [4.78, 5) is 24.0. The summed E-state index contributed by atoms with van der Waals surface area (Å²) >= 11 is 0. The lowest BCUT2D eigenvalue weighted by Crippen LogP contribution is -2.30. The van der Waals surface area contributed by atoms with Gasteiger partial charge in [0.15, 0.2) is 0 Å². The molecule has 148 valence electrons. The number of ether oxygens (including phenoxy) is 1. The van der Waals surface area contributed by atoms with E-state index in [2.05, 4.69) is 5.32 Å². The molecule has 0 bridgehead atoms. The van der Waals surface area contributed by atoms with Gasteiger partial charge in [0, 0.05) is 17.3 Å². The Morgan fingerprint density at radius 3 is 2.28 bits per heavy atom. The molecule has 0 aliphatic rings. The monoisotopic (exact) mass is 390 g/mol. The second-order valence-electron chi connectivity index (χ2n) is 6.60. The minimum Gasteiger partial charge on any atom is -0.489 e. The van der Waals surface area contributed by atoms with Crippen molar-refractivity contribution in [2.45, 2.75) is 19.1 Å². The molecule has 1 atom stereocenters. The molecule has 0 aliphatic carbocycles. The second kappa shape index (κ2) is 9.41. The zero-order valence-corrected chi connectivity index (χ0v) is 15.7. The third-order valence-corrected chi connectivity index (χ3v) is 4.33. The van der Waals surface area contributed by atoms with Gasteiger partial charge in [-0.3, -0.25) is 9.59 Å². The molecule has 6 heteroatoms. The summed E-state index contributed by atoms with van der Waals surface area (Å²) in [6.07, 6.45) is -0.227. The molecule has 3 rings (SSSR count). The normalized spacial score (nSPS) is 11.4. The first-order chi connectivity index (χ1) is 14.0. The SMILES string of the molecule is Nc1cc(OCc2ccccc2)cc(C(=O)NC(CC(=O)O)c2ccccc2)c1. The Labute approximate surface area is 168 Å². The molecule has 3 aromatic carbocycles. The van der Waals surface area contributed by atoms with Gasteiger partial charge in [0.05, 0.1) is 12.5 Å². The van der Waals surface area contributed by atoms with Gasteiger partial charge >= 0.3 is 5.97 Å². The first-order valence-electron chi connectivity index (χ1n) is 9.16. The number of benzene rings is 3. The number of aliphatic carboxylic acids is 1. The van der Waals surface area contributed by atoms with Gasteiger partial charge in [-0.1, -0.05) is 60.7 Å². The molecule has 0 aliphatic heterocycles. The van der Waals surface area contributed by atoms with Crippen LogP contribution < -0.4 is 15.8 Å². The lowest BCUT2D eigenvalue weighted by Gasteiger charge is -2.18. The molecule has 0 heterocycles. The Hall–Kier alpha value is -3.80. The Bertz CT molecular complexity index is 975. The van der Waals surface area contributed by atoms with Crippen LogP contribution in [-0.4, -0.2) is 17.0 Å². The van der Waals surface area contributed by atoms with Crippen LogP contribution in [0.25, 0.3) is 0 Å². The summed E-state index contributed by atoms with van der Waals surface area (Å²) in [7, 11) is 0. The maximum Gasteiger partial charge on any atom is 0.305 e. The highest BCUT2D eigenvalue weighted by Crippen LogP contribution is 2.22. The lowest BCUT2D eigenvalue weighted by atomic mass is 10.0. The zero-order valence-electron chi connectivity index (χ0n) is 15.7. The van der Waals surface area contributed by atoms with E-state index in [0.29, 0.717) is 29.2 Å². The van der Waals surface area contributed by atoms with Crippen molar-refractivity contribution >= 4 is 17.6 Å². The number of anilines is 1. The van der Waals surface area contributed by atoms with Gasteiger partial charge < -0.3 is 20.9 Å². The van der Waals surface area contributed by atoms with Crippen molar-refractivity contribution in [1.29, 1.82) is 0 Å². The van der Waals surface area contributed by atoms with Crippen LogP contribution in [-0.2, 0) is 11.4 Å². The van der Waals surface area contributed by atoms with Gasteiger partial charge in [0.1, 0.15) is 12.4 Å². The first kappa shape index (κ1) is 19.9. The molecule has 0 saturated heterocycles. The van der Waals surface area contributed by atoms with Crippen LogP contribution >= 0.6 is 0 Å². The minimum absolute atomic E-state index is 0.227. The molecule has 3 aromatic rings. The highest BCUT2D eigenvalue weighted by molar-refractivity contribution is 5.96. The Kier molecular flexibility index (Phi) is 6.47. The van der Waals surface area contributed by atoms with Crippen molar-refractivity contribution in [3.63, 3.8) is 0 Å². The number of carboxylic acid groups (broad SMARTS) is 1. The fourth-order valence-corrected chi connectivity index (χ4v) is 2.93. The fourth-order valence-electron chi connectivity index (χ4n) is 2.93. The van der Waals surface area contributed by atoms with Crippen molar-refractivity contribution < 1.29 is 19.4 Å². The quantitative estimate of drug-likeness (QED) is 0.508. The molecule has 4 N–H and O–H groups in total. The molecule has 0 saturated carbocycles. The molecule has 0 fully saturated rings. The number of rotatable bonds is 8. The van der Waals surface area contributed by atoms with Gasteiger partial charge in [0.2, 0.25) is 0 Å². The van der Waals surface area contributed by atoms with E-state index in [-0.39, 0.29) is 6.42 Å². The summed E-state index contributed by atoms with van der Waals surface area (Å²) < 4.78 is 5.76. The molecule has 0 aromatic heterocycles. The number of amides is 1. The Morgan fingerprint density at radius 1 is 0.966 bits per heavy atom. The smallest absolute Gasteiger partial charge is 0.305 e. The third-order valence-electron chi connectivity index (χ3n) is 4.33. The number of nitrogen functional groups attached to an aromatic ring is 1. The molecular weight excluding hydrogens is 368 g/mol. The summed E-state index contributed by atoms with van der Waals surface area (Å²) in [5.41, 5.74) is 8.33. The predicted octanol–water partition coefficient (Wildman–Crippen LogP) is 3.79. The number of hydrogen-bond acceptors (Lipinski definition) is 4. The lowest BCUT2D eigenvalue weighted by molar-refractivity contribution is -0.137. The highest BCUT2D eigenvalue weighted by Gasteiger charge is 2.19. The van der Waals surface area contributed by atoms with E-state index >= 15 is 0 Å². The third kappa shape index (κ3) is 5.84. The van der Waals surface area contributed by atoms with Crippen molar-refractivity contribution in [1.82, 2.24) is 5.32 Å². The second-order valence-corrected chi connectivity index (χ2v) is 6.60. The van der Waals surface area contributed by atoms with Crippen LogP contribution in [0.5, 0.6) is 5.75 Å². The van der Waals surface area contributed by atoms with E-state index in [4.69, 9.17) is 10.5 Å². The number of carboxylic acids is 1. The van der Waals surface area contributed by atoms with Crippen LogP contribution in [0.15, 0.2) is 78.9 Å². The van der Waals surface area contributed by atoms with Crippen LogP contribution in [0, 0.1) is 0 Å². The maximum atomic E-state index is 12.8. The Balaban J connectivity index is 1.75. The summed E-state index contributed by atoms with van der Waals surface area (Å²) in [5, 5.41) is 12.0. The fraction of sp³-hybridized carbons (Fsp3) is 0.130. The number of nitrogens with two attached hydrogens (primary N) is 1. The van der Waals surface area contributed by atoms with Crippen molar-refractivity contribution in [2.75, 3.05) is 5.73 Å². The van der Waals surface area contributed by atoms with Crippen LogP contribution in [0.4, 0.5) is 5.69 Å². The average Bonchev–Trinajstić information content (AvgIpc) is 2.72. The number of carbonyl (C=O) groups excluding carboxylic acids is 1. The number of carbonyl (C=O) groups is 2. The first-order valence-corrected chi connectivity index (χ1v) is 9.16. The molecule has 1 amide bonds. The number of hydrogen-bond donors (Lipinski definition) is 3. The Morgan fingerprint density at radius 2 is 1.62 bits per heavy atom. The van der Waals surface area contributed by atoms with Gasteiger partial charge in [-0.25, -0.2) is 0 Å². The van der Waals surface area contributed by atoms with Crippen molar-refractivity contribution in [2.24, 2.45) is 0 Å². The highest BCUT2D eigenvalue weighted by atomic mass is 16.5. The number of nitrogens with one attached hydrogen (secondary N) is 1. The van der Waals surface area contributed by atoms with E-state index in [9.17, 15) is 14.7 Å². The van der Waals surface area contributed by atoms with E-state index < -0.39 is 17.9 Å². The molecular formula is C23H22N2O4. The van der Waals surface area contributed by atoms with Gasteiger partial charge in [-0.2, -0.15) is 0 Å². The van der Waals surface area contributed by atoms with Crippen LogP contribution in [0.2, 0.25) is 0 Å². The summed E-state index contributed by atoms with van der Waals surface area (Å²) in [5.74, 6) is -0.955. The summed E-state index contributed by atoms with van der Waals surface area (Å²) in [6, 6.07) is 22.7. The molecule has 0 radical (unpaired) electrons. The molecule has 6 nitrogen and oxygen atoms in total. The van der Waals surface area contributed by atoms with Gasteiger partial charge in [-0.05, 0) is 23.3 Å². The van der Waals surface area contributed by atoms with E-state index in [0.717, 1.165) is 5.56 Å². The predicted molar refractivity (Wildman–Crippen MR) is 111 cm³/mol. The van der Waals surface area contributed by atoms with Crippen molar-refractivity contribution in [3.05, 3.63) is 95.6 Å². The van der Waals surface area contributed by atoms with E-state index in [1.807, 2.05) is 36.4 Å². The topological polar surface area (TPSA) is 102 Å². The zero-order chi connectivity index (χ0) is 20.6. The molecule has 29 heavy (non-hydrogen) atoms. The van der Waals surface area contributed by atoms with Gasteiger partial charge in [-0.15, -0.1) is 0 Å². The summed E-state index contributed by atoms with van der Waals surface area (Å²) in [6.45, 7) is 0.344. The molecule has 0 spiro atoms. The largest absolute Gasteiger partial charge is 0.489 e. The van der Waals surface area contributed by atoms with Gasteiger partial charge in [0.25, 0.3) is 5.91 Å². The minimum atomic E-state index is -1.00. The van der Waals surface area contributed by atoms with Crippen molar-refractivity contribution in [3.8, 4) is 5.75 Å². The van der Waals surface area contributed by atoms with Crippen LogP contribution in [0.1, 0.15) is 33.9 Å². The maximum absolute atomic E-state index is 12.8.